The van der Waals surface area contributed by atoms with E-state index in [0.717, 1.165) is 23.1 Å². The highest BCUT2D eigenvalue weighted by Crippen LogP contribution is 2.41. The number of benzene rings is 2. The van der Waals surface area contributed by atoms with Crippen LogP contribution in [0.4, 0.5) is 22.4 Å². The normalized spacial score (nSPS) is 21.6. The molecule has 4 heterocycles. The standard InChI is InChI=1S/C42H51F4N7O5/c1-26-20-50(21-27(2)58-26)41(57)52(24-29-23-49(25-34(29)46)35(54)12-7-6-8-17-51-36(55)15-16-37(51)56)38(42(3,4)5)40-47-39(32-19-31(44)13-14-33(32)45)48-53(40)22-28-10-9-11-30(43)18-28/h9-11,13-16,18-19,26-27,29,34,38H,6-8,12,17,20-25H2,1-5H3/t26-,27+,29-,34-,38-/m0/s1. The van der Waals surface area contributed by atoms with Crippen LogP contribution in [-0.4, -0.2) is 116 Å². The van der Waals surface area contributed by atoms with Gasteiger partial charge in [-0.15, -0.1) is 0 Å². The molecule has 0 aliphatic carbocycles. The maximum Gasteiger partial charge on any atom is 0.320 e. The van der Waals surface area contributed by atoms with Crippen LogP contribution in [0, 0.1) is 28.8 Å². The number of hydrogen-bond donors (Lipinski definition) is 0. The molecular weight excluding hydrogens is 758 g/mol. The molecule has 0 unspecified atom stereocenters. The van der Waals surface area contributed by atoms with Crippen LogP contribution in [0.3, 0.4) is 0 Å². The Bertz CT molecular complexity index is 2010. The van der Waals surface area contributed by atoms with Gasteiger partial charge in [-0.05, 0) is 68.0 Å². The number of aromatic nitrogens is 3. The highest BCUT2D eigenvalue weighted by molar-refractivity contribution is 6.12. The van der Waals surface area contributed by atoms with Gasteiger partial charge in [0.05, 0.1) is 36.9 Å². The lowest BCUT2D eigenvalue weighted by molar-refractivity contribution is -0.137. The first-order chi connectivity index (χ1) is 27.5. The van der Waals surface area contributed by atoms with Gasteiger partial charge in [0, 0.05) is 57.2 Å². The number of halogens is 4. The molecule has 3 aliphatic rings. The van der Waals surface area contributed by atoms with Crippen LogP contribution in [0.2, 0.25) is 0 Å². The van der Waals surface area contributed by atoms with Gasteiger partial charge in [0.2, 0.25) is 5.91 Å². The van der Waals surface area contributed by atoms with Crippen molar-refractivity contribution in [2.75, 3.05) is 39.3 Å². The number of imide groups is 1. The summed E-state index contributed by atoms with van der Waals surface area (Å²) in [6.45, 7) is 9.90. The minimum atomic E-state index is -1.47. The van der Waals surface area contributed by atoms with Gasteiger partial charge < -0.3 is 19.4 Å². The zero-order valence-electron chi connectivity index (χ0n) is 33.5. The average Bonchev–Trinajstić information content (AvgIpc) is 3.83. The summed E-state index contributed by atoms with van der Waals surface area (Å²) < 4.78 is 67.7. The van der Waals surface area contributed by atoms with Gasteiger partial charge in [0.15, 0.2) is 11.6 Å². The number of carbonyl (C=O) groups excluding carboxylic acids is 4. The van der Waals surface area contributed by atoms with Crippen molar-refractivity contribution in [3.63, 3.8) is 0 Å². The number of morpholine rings is 1. The second kappa shape index (κ2) is 17.8. The first-order valence-corrected chi connectivity index (χ1v) is 19.8. The van der Waals surface area contributed by atoms with Gasteiger partial charge in [0.1, 0.15) is 23.6 Å². The third-order valence-electron chi connectivity index (χ3n) is 10.7. The molecule has 0 N–H and O–H groups in total. The molecule has 1 aromatic heterocycles. The van der Waals surface area contributed by atoms with E-state index in [0.29, 0.717) is 24.8 Å². The summed E-state index contributed by atoms with van der Waals surface area (Å²) in [5.74, 6) is -3.64. The predicted molar refractivity (Wildman–Crippen MR) is 206 cm³/mol. The molecule has 12 nitrogen and oxygen atoms in total. The molecule has 5 atom stereocenters. The van der Waals surface area contributed by atoms with Gasteiger partial charge >= 0.3 is 6.03 Å². The molecule has 5 amide bonds. The number of carbonyl (C=O) groups is 4. The van der Waals surface area contributed by atoms with Gasteiger partial charge in [-0.1, -0.05) is 39.3 Å². The van der Waals surface area contributed by atoms with E-state index in [9.17, 15) is 28.0 Å². The number of amides is 5. The van der Waals surface area contributed by atoms with E-state index in [1.165, 1.54) is 39.9 Å². The van der Waals surface area contributed by atoms with Crippen LogP contribution in [0.1, 0.15) is 77.7 Å². The van der Waals surface area contributed by atoms with Crippen molar-refractivity contribution >= 4 is 23.8 Å². The molecule has 16 heteroatoms. The van der Waals surface area contributed by atoms with Crippen molar-refractivity contribution < 1.29 is 41.5 Å². The van der Waals surface area contributed by atoms with E-state index in [2.05, 4.69) is 5.10 Å². The topological polar surface area (TPSA) is 121 Å². The zero-order valence-corrected chi connectivity index (χ0v) is 33.5. The summed E-state index contributed by atoms with van der Waals surface area (Å²) in [6, 6.07) is 7.44. The van der Waals surface area contributed by atoms with Gasteiger partial charge in [-0.3, -0.25) is 19.3 Å². The van der Waals surface area contributed by atoms with E-state index in [1.807, 2.05) is 34.6 Å². The Kier molecular flexibility index (Phi) is 13.0. The van der Waals surface area contributed by atoms with E-state index in [-0.39, 0.29) is 99.4 Å². The molecule has 3 aromatic rings. The summed E-state index contributed by atoms with van der Waals surface area (Å²) in [7, 11) is 0. The van der Waals surface area contributed by atoms with Crippen molar-refractivity contribution in [3.8, 4) is 11.4 Å². The molecule has 0 spiro atoms. The summed E-state index contributed by atoms with van der Waals surface area (Å²) in [4.78, 5) is 62.6. The lowest BCUT2D eigenvalue weighted by atomic mass is 9.84. The van der Waals surface area contributed by atoms with Crippen LogP contribution in [0.15, 0.2) is 54.6 Å². The lowest BCUT2D eigenvalue weighted by Gasteiger charge is -2.45. The summed E-state index contributed by atoms with van der Waals surface area (Å²) >= 11 is 0. The van der Waals surface area contributed by atoms with Gasteiger partial charge in [-0.25, -0.2) is 32.0 Å². The number of rotatable bonds is 13. The summed E-state index contributed by atoms with van der Waals surface area (Å²) in [5.41, 5.74) is -0.517. The first kappa shape index (κ1) is 42.5. The first-order valence-electron chi connectivity index (χ1n) is 19.8. The molecule has 312 valence electrons. The van der Waals surface area contributed by atoms with E-state index in [1.54, 1.807) is 15.9 Å². The van der Waals surface area contributed by atoms with E-state index >= 15 is 8.78 Å². The minimum absolute atomic E-state index is 0.0315. The van der Waals surface area contributed by atoms with Gasteiger partial charge in [-0.2, -0.15) is 5.10 Å². The Morgan fingerprint density at radius 3 is 2.26 bits per heavy atom. The highest BCUT2D eigenvalue weighted by atomic mass is 19.1. The number of hydrogen-bond acceptors (Lipinski definition) is 7. The maximum atomic E-state index is 16.2. The van der Waals surface area contributed by atoms with Crippen LogP contribution in [0.25, 0.3) is 11.4 Å². The Hall–Kier alpha value is -5.12. The maximum absolute atomic E-state index is 16.2. The number of urea groups is 1. The number of alkyl halides is 1. The number of ether oxygens (including phenoxy) is 1. The van der Waals surface area contributed by atoms with Crippen LogP contribution >= 0.6 is 0 Å². The highest BCUT2D eigenvalue weighted by Gasteiger charge is 2.45. The number of nitrogens with zero attached hydrogens (tertiary/aromatic N) is 7. The average molecular weight is 810 g/mol. The van der Waals surface area contributed by atoms with Crippen molar-refractivity contribution in [2.24, 2.45) is 11.3 Å². The fourth-order valence-electron chi connectivity index (χ4n) is 8.06. The smallest absolute Gasteiger partial charge is 0.320 e. The van der Waals surface area contributed by atoms with Crippen molar-refractivity contribution in [1.29, 1.82) is 0 Å². The fourth-order valence-corrected chi connectivity index (χ4v) is 8.06. The molecular formula is C42H51F4N7O5. The van der Waals surface area contributed by atoms with Crippen LogP contribution < -0.4 is 0 Å². The molecule has 3 aliphatic heterocycles. The Balaban J connectivity index is 1.30. The molecule has 0 bridgehead atoms. The second-order valence-electron chi connectivity index (χ2n) is 16.6. The Morgan fingerprint density at radius 1 is 0.897 bits per heavy atom. The molecule has 58 heavy (non-hydrogen) atoms. The fraction of sp³-hybridized carbons (Fsp3) is 0.524. The Morgan fingerprint density at radius 2 is 1.59 bits per heavy atom. The molecule has 2 fully saturated rings. The summed E-state index contributed by atoms with van der Waals surface area (Å²) in [5, 5.41) is 4.61. The largest absolute Gasteiger partial charge is 0.372 e. The summed E-state index contributed by atoms with van der Waals surface area (Å²) in [6.07, 6.45) is 2.17. The third-order valence-corrected chi connectivity index (χ3v) is 10.7. The molecule has 0 saturated carbocycles. The second-order valence-corrected chi connectivity index (χ2v) is 16.6. The number of likely N-dealkylation sites (tertiary alicyclic amines) is 1. The van der Waals surface area contributed by atoms with Crippen molar-refractivity contribution in [2.45, 2.75) is 91.3 Å². The van der Waals surface area contributed by atoms with Crippen molar-refractivity contribution in [1.82, 2.24) is 34.4 Å². The van der Waals surface area contributed by atoms with E-state index in [4.69, 9.17) is 9.72 Å². The third kappa shape index (κ3) is 9.93. The quantitative estimate of drug-likeness (QED) is 0.113. The molecule has 6 rings (SSSR count). The Labute approximate surface area is 335 Å². The monoisotopic (exact) mass is 809 g/mol. The molecule has 2 aromatic carbocycles. The lowest BCUT2D eigenvalue weighted by Crippen LogP contribution is -2.56. The molecule has 0 radical (unpaired) electrons. The minimum Gasteiger partial charge on any atom is -0.372 e. The van der Waals surface area contributed by atoms with Gasteiger partial charge in [0.25, 0.3) is 11.8 Å². The van der Waals surface area contributed by atoms with E-state index < -0.39 is 47.0 Å². The van der Waals surface area contributed by atoms with Crippen LogP contribution in [0.5, 0.6) is 0 Å². The van der Waals surface area contributed by atoms with Crippen LogP contribution in [-0.2, 0) is 25.7 Å². The zero-order chi connectivity index (χ0) is 41.9. The number of unbranched alkanes of at least 4 members (excludes halogenated alkanes) is 2. The van der Waals surface area contributed by atoms with Crippen molar-refractivity contribution in [3.05, 3.63) is 83.5 Å². The predicted octanol–water partition coefficient (Wildman–Crippen LogP) is 6.31. The SMILES string of the molecule is C[C@@H]1CN(C(=O)N(C[C@@H]2CN(C(=O)CCCCCN3C(=O)C=CC3=O)C[C@@H]2F)[C@@H](c2nc(-c3cc(F)ccc3F)nn2Cc2cccc(F)c2)C(C)(C)C)C[C@H](C)O1. The molecule has 2 saturated heterocycles.